The van der Waals surface area contributed by atoms with Crippen LogP contribution in [-0.4, -0.2) is 78.1 Å². The number of aliphatic hydroxyl groups excluding tert-OH is 2. The number of rotatable bonds is 9. The van der Waals surface area contributed by atoms with Gasteiger partial charge in [0, 0.05) is 30.8 Å². The molecule has 0 aromatic heterocycles. The van der Waals surface area contributed by atoms with Gasteiger partial charge in [0.2, 0.25) is 11.8 Å². The van der Waals surface area contributed by atoms with E-state index in [9.17, 15) is 19.8 Å². The third kappa shape index (κ3) is 4.57. The van der Waals surface area contributed by atoms with Crippen LogP contribution in [0.5, 0.6) is 5.75 Å². The van der Waals surface area contributed by atoms with Gasteiger partial charge in [-0.25, -0.2) is 0 Å². The first-order chi connectivity index (χ1) is 17.8. The van der Waals surface area contributed by atoms with Gasteiger partial charge in [0.25, 0.3) is 0 Å². The zero-order valence-electron chi connectivity index (χ0n) is 22.1. The van der Waals surface area contributed by atoms with Crippen molar-refractivity contribution in [2.45, 2.75) is 64.2 Å². The summed E-state index contributed by atoms with van der Waals surface area (Å²) < 4.78 is 11.7. The van der Waals surface area contributed by atoms with E-state index in [1.54, 1.807) is 11.0 Å². The van der Waals surface area contributed by atoms with E-state index in [2.05, 4.69) is 19.2 Å². The van der Waals surface area contributed by atoms with Gasteiger partial charge in [-0.05, 0) is 61.5 Å². The van der Waals surface area contributed by atoms with Crippen LogP contribution in [0.3, 0.4) is 0 Å². The molecule has 4 aliphatic carbocycles. The predicted octanol–water partition coefficient (Wildman–Crippen LogP) is 2.25. The van der Waals surface area contributed by atoms with Gasteiger partial charge in [-0.2, -0.15) is 0 Å². The van der Waals surface area contributed by atoms with Crippen LogP contribution in [-0.2, 0) is 14.3 Å². The molecule has 8 nitrogen and oxygen atoms in total. The Bertz CT molecular complexity index is 1050. The molecule has 1 aliphatic heterocycles. The highest BCUT2D eigenvalue weighted by Gasteiger charge is 2.56. The molecule has 0 spiro atoms. The molecule has 5 aliphatic rings. The van der Waals surface area contributed by atoms with Crippen molar-refractivity contribution >= 4 is 11.8 Å². The summed E-state index contributed by atoms with van der Waals surface area (Å²) in [6.07, 6.45) is 3.45. The van der Waals surface area contributed by atoms with E-state index in [1.807, 2.05) is 31.2 Å². The van der Waals surface area contributed by atoms with Gasteiger partial charge in [-0.3, -0.25) is 9.59 Å². The standard InChI is InChI=1S/C29H40N2O6/c1-4-36-16-24(33)31(15-17-9-10-18-13-21(17)29(18,2)3)22-14-20(28(35)30-11-12-32)25-19-7-5-6-8-23(19)37-27(25)26(22)34/h5-8,14,17-18,21-22,25-27,32,34H,4,9-13,15-16H2,1-3H3,(H,30,35). The van der Waals surface area contributed by atoms with Gasteiger partial charge in [0.05, 0.1) is 18.6 Å². The average Bonchev–Trinajstić information content (AvgIpc) is 3.29. The van der Waals surface area contributed by atoms with Crippen LogP contribution in [0, 0.1) is 23.2 Å². The van der Waals surface area contributed by atoms with Gasteiger partial charge in [0.1, 0.15) is 24.6 Å². The fraction of sp³-hybridized carbons (Fsp3) is 0.655. The number of para-hydroxylation sites is 1. The second-order valence-corrected chi connectivity index (χ2v) is 11.6. The fourth-order valence-electron chi connectivity index (χ4n) is 7.29. The molecule has 202 valence electrons. The number of carbonyl (C=O) groups excluding carboxylic acids is 2. The summed E-state index contributed by atoms with van der Waals surface area (Å²) in [6, 6.07) is 6.78. The Balaban J connectivity index is 1.49. The van der Waals surface area contributed by atoms with Crippen LogP contribution in [0.15, 0.2) is 35.9 Å². The topological polar surface area (TPSA) is 108 Å². The summed E-state index contributed by atoms with van der Waals surface area (Å²) in [5.41, 5.74) is 1.56. The second kappa shape index (κ2) is 10.4. The van der Waals surface area contributed by atoms with Gasteiger partial charge >= 0.3 is 0 Å². The highest BCUT2D eigenvalue weighted by Crippen LogP contribution is 2.61. The lowest BCUT2D eigenvalue weighted by Crippen LogP contribution is -2.60. The first kappa shape index (κ1) is 26.2. The maximum Gasteiger partial charge on any atom is 0.249 e. The summed E-state index contributed by atoms with van der Waals surface area (Å²) in [7, 11) is 0. The van der Waals surface area contributed by atoms with Gasteiger partial charge in [-0.15, -0.1) is 0 Å². The smallest absolute Gasteiger partial charge is 0.249 e. The van der Waals surface area contributed by atoms with E-state index >= 15 is 0 Å². The van der Waals surface area contributed by atoms with E-state index in [0.717, 1.165) is 24.3 Å². The van der Waals surface area contributed by atoms with Gasteiger partial charge < -0.3 is 29.9 Å². The number of carbonyl (C=O) groups is 2. The highest BCUT2D eigenvalue weighted by molar-refractivity contribution is 5.96. The molecule has 3 fully saturated rings. The monoisotopic (exact) mass is 512 g/mol. The summed E-state index contributed by atoms with van der Waals surface area (Å²) in [5.74, 6) is 1.28. The maximum atomic E-state index is 13.5. The first-order valence-corrected chi connectivity index (χ1v) is 13.7. The third-order valence-electron chi connectivity index (χ3n) is 9.42. The Morgan fingerprint density at radius 1 is 1.24 bits per heavy atom. The molecule has 37 heavy (non-hydrogen) atoms. The molecule has 1 aromatic rings. The van der Waals surface area contributed by atoms with Crippen LogP contribution in [0.25, 0.3) is 0 Å². The molecule has 0 saturated heterocycles. The fourth-order valence-corrected chi connectivity index (χ4v) is 7.29. The number of benzene rings is 1. The molecule has 2 bridgehead atoms. The number of fused-ring (bicyclic) bond motifs is 5. The van der Waals surface area contributed by atoms with Crippen molar-refractivity contribution in [1.82, 2.24) is 10.2 Å². The third-order valence-corrected chi connectivity index (χ3v) is 9.42. The quantitative estimate of drug-likeness (QED) is 0.468. The van der Waals surface area contributed by atoms with E-state index in [1.165, 1.54) is 6.42 Å². The molecule has 6 rings (SSSR count). The van der Waals surface area contributed by atoms with Crippen molar-refractivity contribution in [2.75, 3.05) is 32.9 Å². The minimum absolute atomic E-state index is 0.0712. The van der Waals surface area contributed by atoms with Gasteiger partial charge in [-0.1, -0.05) is 32.0 Å². The molecule has 0 radical (unpaired) electrons. The largest absolute Gasteiger partial charge is 0.486 e. The number of ether oxygens (including phenoxy) is 2. The molecular weight excluding hydrogens is 472 g/mol. The second-order valence-electron chi connectivity index (χ2n) is 11.6. The summed E-state index contributed by atoms with van der Waals surface area (Å²) in [5, 5.41) is 23.7. The zero-order valence-corrected chi connectivity index (χ0v) is 22.1. The van der Waals surface area contributed by atoms with Crippen molar-refractivity contribution in [2.24, 2.45) is 23.2 Å². The van der Waals surface area contributed by atoms with Crippen LogP contribution >= 0.6 is 0 Å². The SMILES string of the molecule is CCOCC(=O)N(CC1CCC2CC1C2(C)C)C1C=C(C(=O)NCCO)C2c3ccccc3OC2C1O. The number of nitrogens with zero attached hydrogens (tertiary/aromatic N) is 1. The zero-order chi connectivity index (χ0) is 26.3. The Kier molecular flexibility index (Phi) is 7.35. The predicted molar refractivity (Wildman–Crippen MR) is 138 cm³/mol. The first-order valence-electron chi connectivity index (χ1n) is 13.7. The van der Waals surface area contributed by atoms with Crippen molar-refractivity contribution in [3.63, 3.8) is 0 Å². The lowest BCUT2D eigenvalue weighted by molar-refractivity contribution is -0.150. The lowest BCUT2D eigenvalue weighted by atomic mass is 9.45. The van der Waals surface area contributed by atoms with Gasteiger partial charge in [0.15, 0.2) is 0 Å². The number of hydrogen-bond donors (Lipinski definition) is 3. The molecule has 1 aromatic carbocycles. The molecule has 1 heterocycles. The van der Waals surface area contributed by atoms with E-state index in [-0.39, 0.29) is 37.0 Å². The van der Waals surface area contributed by atoms with E-state index < -0.39 is 24.2 Å². The van der Waals surface area contributed by atoms with Crippen LogP contribution in [0.1, 0.15) is 51.5 Å². The molecule has 7 atom stereocenters. The molecule has 3 saturated carbocycles. The Labute approximate surface area is 219 Å². The summed E-state index contributed by atoms with van der Waals surface area (Å²) in [4.78, 5) is 28.6. The number of hydrogen-bond acceptors (Lipinski definition) is 6. The molecule has 8 heteroatoms. The van der Waals surface area contributed by atoms with Crippen LogP contribution in [0.4, 0.5) is 0 Å². The summed E-state index contributed by atoms with van der Waals surface area (Å²) in [6.45, 7) is 7.32. The Hall–Kier alpha value is -2.42. The number of aliphatic hydroxyl groups is 2. The van der Waals surface area contributed by atoms with Crippen molar-refractivity contribution in [1.29, 1.82) is 0 Å². The minimum atomic E-state index is -1.01. The van der Waals surface area contributed by atoms with Crippen molar-refractivity contribution in [3.8, 4) is 5.75 Å². The van der Waals surface area contributed by atoms with E-state index in [4.69, 9.17) is 9.47 Å². The van der Waals surface area contributed by atoms with Crippen molar-refractivity contribution in [3.05, 3.63) is 41.5 Å². The number of amides is 2. The summed E-state index contributed by atoms with van der Waals surface area (Å²) >= 11 is 0. The maximum absolute atomic E-state index is 13.5. The molecule has 3 N–H and O–H groups in total. The average molecular weight is 513 g/mol. The normalized spacial score (nSPS) is 32.8. The lowest BCUT2D eigenvalue weighted by Gasteiger charge is -2.61. The Morgan fingerprint density at radius 2 is 2.03 bits per heavy atom. The number of nitrogens with one attached hydrogen (secondary N) is 1. The highest BCUT2D eigenvalue weighted by atomic mass is 16.5. The van der Waals surface area contributed by atoms with Crippen molar-refractivity contribution < 1.29 is 29.3 Å². The van der Waals surface area contributed by atoms with Crippen LogP contribution in [0.2, 0.25) is 0 Å². The van der Waals surface area contributed by atoms with Crippen LogP contribution < -0.4 is 10.1 Å². The van der Waals surface area contributed by atoms with E-state index in [0.29, 0.717) is 36.3 Å². The molecule has 7 unspecified atom stereocenters. The molecule has 2 amide bonds. The minimum Gasteiger partial charge on any atom is -0.486 e. The molecular formula is C29H40N2O6. The Morgan fingerprint density at radius 3 is 2.73 bits per heavy atom.